The van der Waals surface area contributed by atoms with Crippen molar-refractivity contribution in [1.82, 2.24) is 24.5 Å². The Morgan fingerprint density at radius 2 is 2.20 bits per heavy atom. The lowest BCUT2D eigenvalue weighted by Crippen LogP contribution is -2.26. The Balaban J connectivity index is 1.67. The maximum absolute atomic E-state index is 11.7. The molecule has 3 aromatic heterocycles. The third kappa shape index (κ3) is 1.63. The zero-order chi connectivity index (χ0) is 13.5. The highest BCUT2D eigenvalue weighted by Crippen LogP contribution is 2.28. The quantitative estimate of drug-likeness (QED) is 0.724. The van der Waals surface area contributed by atoms with Crippen LogP contribution < -0.4 is 10.6 Å². The van der Waals surface area contributed by atoms with Crippen molar-refractivity contribution in [3.8, 4) is 0 Å². The van der Waals surface area contributed by atoms with Crippen LogP contribution in [0.5, 0.6) is 0 Å². The van der Waals surface area contributed by atoms with Crippen molar-refractivity contribution < 1.29 is 0 Å². The molecule has 0 aromatic carbocycles. The average molecular weight is 270 g/mol. The van der Waals surface area contributed by atoms with Gasteiger partial charge in [0.1, 0.15) is 17.8 Å². The van der Waals surface area contributed by atoms with E-state index in [2.05, 4.69) is 24.8 Å². The van der Waals surface area contributed by atoms with Crippen LogP contribution in [0.15, 0.2) is 35.8 Å². The van der Waals surface area contributed by atoms with Crippen molar-refractivity contribution in [2.45, 2.75) is 12.5 Å². The zero-order valence-electron chi connectivity index (χ0n) is 10.8. The van der Waals surface area contributed by atoms with Crippen LogP contribution >= 0.6 is 0 Å². The molecule has 2 N–H and O–H groups in total. The smallest absolute Gasteiger partial charge is 0.325 e. The Morgan fingerprint density at radius 1 is 1.25 bits per heavy atom. The minimum Gasteiger partial charge on any atom is -0.354 e. The number of rotatable bonds is 2. The summed E-state index contributed by atoms with van der Waals surface area (Å²) in [5, 5.41) is 1.02. The fourth-order valence-electron chi connectivity index (χ4n) is 2.89. The second kappa shape index (κ2) is 4.22. The molecule has 1 fully saturated rings. The Bertz CT molecular complexity index is 800. The van der Waals surface area contributed by atoms with E-state index in [4.69, 9.17) is 0 Å². The molecule has 4 heterocycles. The monoisotopic (exact) mass is 270 g/mol. The first kappa shape index (κ1) is 11.3. The molecule has 0 saturated carbocycles. The van der Waals surface area contributed by atoms with E-state index < -0.39 is 0 Å². The van der Waals surface area contributed by atoms with E-state index in [1.807, 2.05) is 18.5 Å². The minimum absolute atomic E-state index is 0.0497. The van der Waals surface area contributed by atoms with Crippen LogP contribution in [-0.4, -0.2) is 37.6 Å². The van der Waals surface area contributed by atoms with Gasteiger partial charge in [0, 0.05) is 31.7 Å². The Morgan fingerprint density at radius 3 is 3.05 bits per heavy atom. The van der Waals surface area contributed by atoms with E-state index in [9.17, 15) is 4.79 Å². The van der Waals surface area contributed by atoms with Crippen molar-refractivity contribution in [3.63, 3.8) is 0 Å². The van der Waals surface area contributed by atoms with Gasteiger partial charge in [-0.2, -0.15) is 0 Å². The summed E-state index contributed by atoms with van der Waals surface area (Å²) in [5.74, 6) is 0.933. The van der Waals surface area contributed by atoms with Gasteiger partial charge in [0.05, 0.1) is 11.4 Å². The lowest BCUT2D eigenvalue weighted by Gasteiger charge is -2.18. The second-order valence-corrected chi connectivity index (χ2v) is 5.00. The van der Waals surface area contributed by atoms with Gasteiger partial charge >= 0.3 is 5.69 Å². The van der Waals surface area contributed by atoms with E-state index in [1.165, 1.54) is 0 Å². The van der Waals surface area contributed by atoms with Crippen LogP contribution in [0.3, 0.4) is 0 Å². The van der Waals surface area contributed by atoms with Crippen LogP contribution in [-0.2, 0) is 0 Å². The number of anilines is 1. The van der Waals surface area contributed by atoms with Gasteiger partial charge in [-0.3, -0.25) is 4.57 Å². The summed E-state index contributed by atoms with van der Waals surface area (Å²) >= 11 is 0. The van der Waals surface area contributed by atoms with Crippen molar-refractivity contribution in [1.29, 1.82) is 0 Å². The molecule has 3 aromatic rings. The molecule has 1 aliphatic heterocycles. The third-order valence-corrected chi connectivity index (χ3v) is 3.87. The zero-order valence-corrected chi connectivity index (χ0v) is 10.8. The van der Waals surface area contributed by atoms with Gasteiger partial charge in [0.25, 0.3) is 0 Å². The van der Waals surface area contributed by atoms with Crippen LogP contribution in [0, 0.1) is 0 Å². The molecule has 0 aliphatic carbocycles. The highest BCUT2D eigenvalue weighted by Gasteiger charge is 2.26. The Kier molecular flexibility index (Phi) is 2.38. The number of hydrogen-bond acceptors (Lipinski definition) is 4. The number of nitrogens with zero attached hydrogens (tertiary/aromatic N) is 4. The van der Waals surface area contributed by atoms with Crippen LogP contribution in [0.4, 0.5) is 5.82 Å². The maximum atomic E-state index is 11.7. The molecule has 1 saturated heterocycles. The van der Waals surface area contributed by atoms with Gasteiger partial charge in [0.15, 0.2) is 0 Å². The number of nitrogens with one attached hydrogen (secondary N) is 2. The number of H-pyrrole nitrogens is 2. The molecule has 7 heteroatoms. The predicted molar refractivity (Wildman–Crippen MR) is 74.8 cm³/mol. The standard InChI is InChI=1S/C13H14N6O/c20-13-15-4-6-19(13)9-2-5-18(7-9)12-10-1-3-14-11(10)16-8-17-12/h1,3-4,6,8-9H,2,5,7H2,(H,15,20)(H,14,16,17)/t9-/m1/s1. The normalized spacial score (nSPS) is 19.0. The average Bonchev–Trinajstić information content (AvgIpc) is 3.17. The van der Waals surface area contributed by atoms with E-state index in [0.29, 0.717) is 0 Å². The van der Waals surface area contributed by atoms with Gasteiger partial charge < -0.3 is 14.9 Å². The minimum atomic E-state index is -0.0497. The first-order valence-electron chi connectivity index (χ1n) is 6.61. The summed E-state index contributed by atoms with van der Waals surface area (Å²) in [6.45, 7) is 1.68. The third-order valence-electron chi connectivity index (χ3n) is 3.87. The number of fused-ring (bicyclic) bond motifs is 1. The maximum Gasteiger partial charge on any atom is 0.325 e. The summed E-state index contributed by atoms with van der Waals surface area (Å²) in [5.41, 5.74) is 0.795. The van der Waals surface area contributed by atoms with Crippen molar-refractivity contribution >= 4 is 16.9 Å². The lowest BCUT2D eigenvalue weighted by atomic mass is 10.2. The van der Waals surface area contributed by atoms with Crippen molar-refractivity contribution in [2.75, 3.05) is 18.0 Å². The van der Waals surface area contributed by atoms with E-state index >= 15 is 0 Å². The molecule has 1 aliphatic rings. The molecule has 7 nitrogen and oxygen atoms in total. The van der Waals surface area contributed by atoms with Crippen molar-refractivity contribution in [2.24, 2.45) is 0 Å². The fraction of sp³-hybridized carbons (Fsp3) is 0.308. The molecule has 0 bridgehead atoms. The van der Waals surface area contributed by atoms with Gasteiger partial charge in [-0.15, -0.1) is 0 Å². The molecule has 1 atom stereocenters. The van der Waals surface area contributed by atoms with Crippen LogP contribution in [0.1, 0.15) is 12.5 Å². The summed E-state index contributed by atoms with van der Waals surface area (Å²) in [4.78, 5) is 28.3. The summed E-state index contributed by atoms with van der Waals surface area (Å²) in [6.07, 6.45) is 7.87. The molecular formula is C13H14N6O. The molecule has 20 heavy (non-hydrogen) atoms. The van der Waals surface area contributed by atoms with Gasteiger partial charge in [-0.05, 0) is 12.5 Å². The number of hydrogen-bond donors (Lipinski definition) is 2. The fourth-order valence-corrected chi connectivity index (χ4v) is 2.89. The molecular weight excluding hydrogens is 256 g/mol. The second-order valence-electron chi connectivity index (χ2n) is 5.00. The number of aromatic nitrogens is 5. The van der Waals surface area contributed by atoms with E-state index in [0.717, 1.165) is 36.4 Å². The summed E-state index contributed by atoms with van der Waals surface area (Å²) in [7, 11) is 0. The molecule has 0 radical (unpaired) electrons. The molecule has 102 valence electrons. The molecule has 0 spiro atoms. The highest BCUT2D eigenvalue weighted by atomic mass is 16.1. The van der Waals surface area contributed by atoms with E-state index in [-0.39, 0.29) is 11.7 Å². The van der Waals surface area contributed by atoms with E-state index in [1.54, 1.807) is 17.1 Å². The van der Waals surface area contributed by atoms with Crippen molar-refractivity contribution in [3.05, 3.63) is 41.5 Å². The summed E-state index contributed by atoms with van der Waals surface area (Å²) in [6, 6.07) is 2.18. The van der Waals surface area contributed by atoms with Gasteiger partial charge in [-0.25, -0.2) is 14.8 Å². The summed E-state index contributed by atoms with van der Waals surface area (Å²) < 4.78 is 1.76. The number of imidazole rings is 1. The van der Waals surface area contributed by atoms with Crippen LogP contribution in [0.25, 0.3) is 11.0 Å². The SMILES string of the molecule is O=c1[nH]ccn1[C@@H]1CCN(c2ncnc3[nH]ccc23)C1. The largest absolute Gasteiger partial charge is 0.354 e. The molecule has 0 unspecified atom stereocenters. The number of aromatic amines is 2. The Labute approximate surface area is 114 Å². The topological polar surface area (TPSA) is 82.6 Å². The first-order chi connectivity index (χ1) is 9.83. The predicted octanol–water partition coefficient (Wildman–Crippen LogP) is 0.899. The first-order valence-corrected chi connectivity index (χ1v) is 6.61. The highest BCUT2D eigenvalue weighted by molar-refractivity contribution is 5.87. The van der Waals surface area contributed by atoms with Gasteiger partial charge in [-0.1, -0.05) is 0 Å². The van der Waals surface area contributed by atoms with Gasteiger partial charge in [0.2, 0.25) is 0 Å². The Hall–Kier alpha value is -2.57. The van der Waals surface area contributed by atoms with Crippen LogP contribution in [0.2, 0.25) is 0 Å². The molecule has 4 rings (SSSR count). The lowest BCUT2D eigenvalue weighted by molar-refractivity contribution is 0.535. The molecule has 0 amide bonds.